The van der Waals surface area contributed by atoms with Gasteiger partial charge in [-0.05, 0) is 83.2 Å². The number of hydrogen-bond donors (Lipinski definition) is 0. The van der Waals surface area contributed by atoms with Gasteiger partial charge in [-0.3, -0.25) is 8.42 Å². The van der Waals surface area contributed by atoms with Crippen molar-refractivity contribution >= 4 is 22.2 Å². The number of benzene rings is 2. The van der Waals surface area contributed by atoms with Gasteiger partial charge in [0.05, 0.1) is 0 Å². The van der Waals surface area contributed by atoms with Gasteiger partial charge in [0.15, 0.2) is 0 Å². The molecule has 0 amide bonds. The van der Waals surface area contributed by atoms with E-state index >= 15 is 0 Å². The number of aryl methyl sites for hydroxylation is 2. The van der Waals surface area contributed by atoms with Gasteiger partial charge in [0, 0.05) is 9.79 Å². The molecule has 0 heterocycles. The van der Waals surface area contributed by atoms with Crippen LogP contribution in [-0.4, -0.2) is 17.5 Å². The van der Waals surface area contributed by atoms with E-state index in [0.717, 1.165) is 12.8 Å². The van der Waals surface area contributed by atoms with Gasteiger partial charge in [0.2, 0.25) is 0 Å². The third-order valence-corrected chi connectivity index (χ3v) is 9.18. The molecule has 43 heavy (non-hydrogen) atoms. The summed E-state index contributed by atoms with van der Waals surface area (Å²) in [6.45, 7) is 4.52. The van der Waals surface area contributed by atoms with Gasteiger partial charge in [-0.25, -0.2) is 0 Å². The summed E-state index contributed by atoms with van der Waals surface area (Å²) in [6, 6.07) is 14.5. The Bertz CT molecular complexity index is 858. The van der Waals surface area contributed by atoms with E-state index in [0.29, 0.717) is 9.79 Å². The van der Waals surface area contributed by atoms with Crippen LogP contribution in [0.4, 0.5) is 0 Å². The van der Waals surface area contributed by atoms with Crippen molar-refractivity contribution in [3.05, 3.63) is 59.7 Å². The first-order valence-electron chi connectivity index (χ1n) is 16.8. The molecular formula is C36H58O4S2Zn. The summed E-state index contributed by atoms with van der Waals surface area (Å²) >= 11 is -4.20. The van der Waals surface area contributed by atoms with Gasteiger partial charge >= 0.3 is 19.5 Å². The van der Waals surface area contributed by atoms with Crippen molar-refractivity contribution in [3.8, 4) is 0 Å². The monoisotopic (exact) mass is 682 g/mol. The molecule has 0 fully saturated rings. The molecule has 7 heteroatoms. The molecule has 0 radical (unpaired) electrons. The molecule has 0 aromatic heterocycles. The van der Waals surface area contributed by atoms with Crippen LogP contribution < -0.4 is 0 Å². The maximum Gasteiger partial charge on any atom is 2.00 e. The van der Waals surface area contributed by atoms with Crippen LogP contribution in [0.15, 0.2) is 58.3 Å². The second kappa shape index (κ2) is 30.0. The molecule has 0 spiro atoms. The zero-order chi connectivity index (χ0) is 30.7. The summed E-state index contributed by atoms with van der Waals surface area (Å²) < 4.78 is 43.0. The first-order valence-corrected chi connectivity index (χ1v) is 19.0. The Balaban J connectivity index is 0.000000802. The van der Waals surface area contributed by atoms with E-state index in [1.807, 2.05) is 24.3 Å². The molecule has 0 N–H and O–H groups in total. The Kier molecular flexibility index (Phi) is 29.5. The van der Waals surface area contributed by atoms with Crippen molar-refractivity contribution in [2.75, 3.05) is 0 Å². The number of rotatable bonds is 24. The van der Waals surface area contributed by atoms with Gasteiger partial charge in [0.25, 0.3) is 0 Å². The van der Waals surface area contributed by atoms with Crippen molar-refractivity contribution in [3.63, 3.8) is 0 Å². The van der Waals surface area contributed by atoms with E-state index in [4.69, 9.17) is 0 Å². The predicted octanol–water partition coefficient (Wildman–Crippen LogP) is 10.8. The van der Waals surface area contributed by atoms with Crippen LogP contribution in [0.5, 0.6) is 0 Å². The van der Waals surface area contributed by atoms with Crippen molar-refractivity contribution in [2.24, 2.45) is 0 Å². The fourth-order valence-electron chi connectivity index (χ4n) is 5.17. The smallest absolute Gasteiger partial charge is 0.768 e. The molecule has 2 atom stereocenters. The van der Waals surface area contributed by atoms with E-state index in [9.17, 15) is 17.5 Å². The Morgan fingerprint density at radius 1 is 0.419 bits per heavy atom. The third-order valence-electron chi connectivity index (χ3n) is 7.87. The maximum atomic E-state index is 10.8. The van der Waals surface area contributed by atoms with Crippen LogP contribution in [0.1, 0.15) is 153 Å². The Morgan fingerprint density at radius 2 is 0.651 bits per heavy atom. The summed E-state index contributed by atoms with van der Waals surface area (Å²) in [5.41, 5.74) is 2.48. The molecule has 4 nitrogen and oxygen atoms in total. The minimum atomic E-state index is -2.10. The quantitative estimate of drug-likeness (QED) is 0.0626. The summed E-state index contributed by atoms with van der Waals surface area (Å²) in [4.78, 5) is 0.753. The van der Waals surface area contributed by atoms with Crippen LogP contribution in [-0.2, 0) is 54.5 Å². The predicted molar refractivity (Wildman–Crippen MR) is 178 cm³/mol. The summed E-state index contributed by atoms with van der Waals surface area (Å²) in [6.07, 6.45) is 29.1. The molecular weight excluding hydrogens is 626 g/mol. The number of unbranched alkanes of at least 4 members (excludes halogenated alkanes) is 18. The first kappa shape index (κ1) is 42.3. The van der Waals surface area contributed by atoms with Crippen molar-refractivity contribution < 1.29 is 37.0 Å². The van der Waals surface area contributed by atoms with Gasteiger partial charge in [-0.1, -0.05) is 154 Å². The van der Waals surface area contributed by atoms with Crippen LogP contribution in [0.2, 0.25) is 0 Å². The maximum absolute atomic E-state index is 10.8. The normalized spacial score (nSPS) is 12.2. The minimum Gasteiger partial charge on any atom is -0.768 e. The van der Waals surface area contributed by atoms with Crippen molar-refractivity contribution in [1.29, 1.82) is 0 Å². The van der Waals surface area contributed by atoms with Gasteiger partial charge in [0.1, 0.15) is 0 Å². The second-order valence-corrected chi connectivity index (χ2v) is 13.5. The van der Waals surface area contributed by atoms with E-state index in [1.54, 1.807) is 24.3 Å². The Labute approximate surface area is 282 Å². The van der Waals surface area contributed by atoms with E-state index in [1.165, 1.54) is 140 Å². The Morgan fingerprint density at radius 3 is 0.884 bits per heavy atom. The molecule has 0 aliphatic carbocycles. The molecule has 2 aromatic rings. The summed E-state index contributed by atoms with van der Waals surface area (Å²) in [7, 11) is 0. The molecule has 2 rings (SSSR count). The molecule has 0 bridgehead atoms. The molecule has 0 saturated carbocycles. The molecule has 0 aliphatic heterocycles. The molecule has 2 aromatic carbocycles. The van der Waals surface area contributed by atoms with Crippen molar-refractivity contribution in [2.45, 2.75) is 165 Å². The minimum absolute atomic E-state index is 0. The van der Waals surface area contributed by atoms with Gasteiger partial charge in [-0.2, -0.15) is 0 Å². The van der Waals surface area contributed by atoms with Gasteiger partial charge in [-0.15, -0.1) is 0 Å². The number of hydrogen-bond acceptors (Lipinski definition) is 4. The molecule has 2 unspecified atom stereocenters. The SMILES string of the molecule is CCCCCCCCCCCCc1ccc(S(=O)[O-])cc1.CCCCCCCCCCCCc1ccc(S(=O)[O-])cc1.[Zn+2]. The van der Waals surface area contributed by atoms with Crippen LogP contribution in [0.3, 0.4) is 0 Å². The summed E-state index contributed by atoms with van der Waals surface area (Å²) in [5.74, 6) is 0. The standard InChI is InChI=1S/2C18H30O2S.Zn/c2*1-2-3-4-5-6-7-8-9-10-11-12-17-13-15-18(16-14-17)21(19)20;/h2*13-16H,2-12H2,1H3,(H,19,20);/q;;+2/p-2. The topological polar surface area (TPSA) is 80.3 Å². The average Bonchev–Trinajstić information content (AvgIpc) is 3.00. The van der Waals surface area contributed by atoms with Crippen LogP contribution in [0.25, 0.3) is 0 Å². The van der Waals surface area contributed by atoms with E-state index in [2.05, 4.69) is 13.8 Å². The molecule has 240 valence electrons. The zero-order valence-corrected chi connectivity index (χ0v) is 31.9. The average molecular weight is 684 g/mol. The molecule has 0 aliphatic rings. The molecule has 0 saturated heterocycles. The fraction of sp³-hybridized carbons (Fsp3) is 0.667. The largest absolute Gasteiger partial charge is 2.00 e. The van der Waals surface area contributed by atoms with Crippen LogP contribution >= 0.6 is 0 Å². The van der Waals surface area contributed by atoms with E-state index < -0.39 is 22.2 Å². The van der Waals surface area contributed by atoms with Gasteiger partial charge < -0.3 is 9.11 Å². The fourth-order valence-corrected chi connectivity index (χ4v) is 5.88. The zero-order valence-electron chi connectivity index (χ0n) is 27.3. The van der Waals surface area contributed by atoms with Crippen molar-refractivity contribution in [1.82, 2.24) is 0 Å². The second-order valence-electron chi connectivity index (χ2n) is 11.6. The third kappa shape index (κ3) is 24.2. The summed E-state index contributed by atoms with van der Waals surface area (Å²) in [5, 5.41) is 0. The van der Waals surface area contributed by atoms with E-state index in [-0.39, 0.29) is 19.5 Å². The first-order chi connectivity index (χ1) is 20.5. The van der Waals surface area contributed by atoms with Crippen LogP contribution in [0, 0.1) is 0 Å². The Hall–Kier alpha value is -0.717.